The third-order valence-corrected chi connectivity index (χ3v) is 7.59. The maximum Gasteiger partial charge on any atom is 0.252 e. The van der Waals surface area contributed by atoms with Crippen LogP contribution in [-0.2, 0) is 10.0 Å². The Morgan fingerprint density at radius 1 is 1.06 bits per heavy atom. The van der Waals surface area contributed by atoms with Gasteiger partial charge in [-0.15, -0.1) is 0 Å². The Kier molecular flexibility index (Phi) is 7.73. The van der Waals surface area contributed by atoms with Crippen LogP contribution in [0.3, 0.4) is 0 Å². The first kappa shape index (κ1) is 23.3. The van der Waals surface area contributed by atoms with Crippen molar-refractivity contribution < 1.29 is 17.9 Å². The summed E-state index contributed by atoms with van der Waals surface area (Å²) in [6.45, 7) is 7.32. The Labute approximate surface area is 185 Å². The highest BCUT2D eigenvalue weighted by atomic mass is 32.2. The van der Waals surface area contributed by atoms with Gasteiger partial charge in [0.25, 0.3) is 5.91 Å². The van der Waals surface area contributed by atoms with E-state index in [1.54, 1.807) is 16.4 Å². The summed E-state index contributed by atoms with van der Waals surface area (Å²) in [5.74, 6) is 0.499. The molecule has 0 aliphatic carbocycles. The molecule has 0 saturated carbocycles. The number of carbonyl (C=O) groups is 1. The molecule has 2 aromatic carbocycles. The Morgan fingerprint density at radius 3 is 2.32 bits per heavy atom. The molecule has 7 heteroatoms. The lowest BCUT2D eigenvalue weighted by Gasteiger charge is -2.21. The van der Waals surface area contributed by atoms with Crippen LogP contribution in [0.4, 0.5) is 0 Å². The number of carbonyl (C=O) groups excluding carboxylic acids is 1. The normalized spacial score (nSPS) is 16.4. The molecular weight excluding hydrogens is 412 g/mol. The van der Waals surface area contributed by atoms with Gasteiger partial charge in [-0.05, 0) is 69.0 Å². The van der Waals surface area contributed by atoms with Crippen molar-refractivity contribution in [3.05, 3.63) is 59.2 Å². The van der Waals surface area contributed by atoms with Crippen LogP contribution in [0.2, 0.25) is 0 Å². The van der Waals surface area contributed by atoms with E-state index in [0.29, 0.717) is 25.3 Å². The van der Waals surface area contributed by atoms with Crippen molar-refractivity contribution in [3.63, 3.8) is 0 Å². The monoisotopic (exact) mass is 444 g/mol. The van der Waals surface area contributed by atoms with Gasteiger partial charge >= 0.3 is 0 Å². The average Bonchev–Trinajstić information content (AvgIpc) is 3.05. The molecule has 1 aliphatic heterocycles. The van der Waals surface area contributed by atoms with E-state index in [2.05, 4.69) is 5.32 Å². The number of benzene rings is 2. The van der Waals surface area contributed by atoms with Crippen molar-refractivity contribution in [1.82, 2.24) is 9.62 Å². The van der Waals surface area contributed by atoms with Gasteiger partial charge < -0.3 is 10.1 Å². The fourth-order valence-electron chi connectivity index (χ4n) is 3.81. The third kappa shape index (κ3) is 5.66. The largest absolute Gasteiger partial charge is 0.494 e. The summed E-state index contributed by atoms with van der Waals surface area (Å²) in [6, 6.07) is 12.2. The number of rotatable bonds is 7. The molecule has 1 fully saturated rings. The fourth-order valence-corrected chi connectivity index (χ4v) is 5.36. The van der Waals surface area contributed by atoms with Crippen LogP contribution < -0.4 is 10.1 Å². The zero-order chi connectivity index (χ0) is 22.4. The molecular formula is C24H32N2O4S. The molecule has 1 amide bonds. The second-order valence-corrected chi connectivity index (χ2v) is 9.93. The standard InChI is InChI=1S/C24H32N2O4S/c1-4-30-21-12-10-20(11-13-21)19(3)25-24(27)23-17-22(14-9-18(23)2)31(28,29)26-15-7-5-6-8-16-26/h9-14,17,19H,4-8,15-16H2,1-3H3,(H,25,27). The molecule has 2 aromatic rings. The summed E-state index contributed by atoms with van der Waals surface area (Å²) < 4.78 is 33.3. The van der Waals surface area contributed by atoms with E-state index >= 15 is 0 Å². The zero-order valence-corrected chi connectivity index (χ0v) is 19.4. The number of sulfonamides is 1. The quantitative estimate of drug-likeness (QED) is 0.685. The molecule has 0 radical (unpaired) electrons. The zero-order valence-electron chi connectivity index (χ0n) is 18.6. The Hall–Kier alpha value is -2.38. The number of amides is 1. The van der Waals surface area contributed by atoms with Gasteiger partial charge in [-0.3, -0.25) is 4.79 Å². The van der Waals surface area contributed by atoms with Crippen LogP contribution in [0.1, 0.15) is 67.1 Å². The molecule has 1 N–H and O–H groups in total. The van der Waals surface area contributed by atoms with Crippen LogP contribution >= 0.6 is 0 Å². The van der Waals surface area contributed by atoms with Crippen molar-refractivity contribution >= 4 is 15.9 Å². The summed E-state index contributed by atoms with van der Waals surface area (Å²) in [5.41, 5.74) is 2.07. The minimum absolute atomic E-state index is 0.180. The van der Waals surface area contributed by atoms with Gasteiger partial charge in [0.15, 0.2) is 0 Å². The molecule has 1 heterocycles. The predicted molar refractivity (Wildman–Crippen MR) is 122 cm³/mol. The van der Waals surface area contributed by atoms with Crippen molar-refractivity contribution in [2.45, 2.75) is 57.4 Å². The first-order chi connectivity index (χ1) is 14.8. The van der Waals surface area contributed by atoms with Crippen LogP contribution in [0.25, 0.3) is 0 Å². The number of hydrogen-bond donors (Lipinski definition) is 1. The van der Waals surface area contributed by atoms with Gasteiger partial charge in [-0.25, -0.2) is 8.42 Å². The van der Waals surface area contributed by atoms with Crippen molar-refractivity contribution in [3.8, 4) is 5.75 Å². The highest BCUT2D eigenvalue weighted by Crippen LogP contribution is 2.24. The van der Waals surface area contributed by atoms with Gasteiger partial charge in [0.2, 0.25) is 10.0 Å². The van der Waals surface area contributed by atoms with E-state index in [-0.39, 0.29) is 16.8 Å². The van der Waals surface area contributed by atoms with Crippen molar-refractivity contribution in [2.75, 3.05) is 19.7 Å². The molecule has 0 spiro atoms. The van der Waals surface area contributed by atoms with E-state index in [4.69, 9.17) is 4.74 Å². The maximum absolute atomic E-state index is 13.1. The maximum atomic E-state index is 13.1. The molecule has 1 unspecified atom stereocenters. The highest BCUT2D eigenvalue weighted by Gasteiger charge is 2.26. The SMILES string of the molecule is CCOc1ccc(C(C)NC(=O)c2cc(S(=O)(=O)N3CCCCCC3)ccc2C)cc1. The number of hydrogen-bond acceptors (Lipinski definition) is 4. The summed E-state index contributed by atoms with van der Waals surface area (Å²) in [5, 5.41) is 2.98. The number of aryl methyl sites for hydroxylation is 1. The van der Waals surface area contributed by atoms with E-state index in [0.717, 1.165) is 42.6 Å². The fraction of sp³-hybridized carbons (Fsp3) is 0.458. The Morgan fingerprint density at radius 2 is 1.71 bits per heavy atom. The number of ether oxygens (including phenoxy) is 1. The lowest BCUT2D eigenvalue weighted by Crippen LogP contribution is -2.32. The molecule has 3 rings (SSSR count). The van der Waals surface area contributed by atoms with Crippen LogP contribution in [-0.4, -0.2) is 38.3 Å². The highest BCUT2D eigenvalue weighted by molar-refractivity contribution is 7.89. The summed E-state index contributed by atoms with van der Waals surface area (Å²) in [7, 11) is -3.61. The van der Waals surface area contributed by atoms with Gasteiger partial charge in [0.05, 0.1) is 17.5 Å². The van der Waals surface area contributed by atoms with E-state index in [1.807, 2.05) is 45.0 Å². The van der Waals surface area contributed by atoms with E-state index in [1.165, 1.54) is 6.07 Å². The lowest BCUT2D eigenvalue weighted by atomic mass is 10.1. The minimum Gasteiger partial charge on any atom is -0.494 e. The smallest absolute Gasteiger partial charge is 0.252 e. The first-order valence-electron chi connectivity index (χ1n) is 11.0. The summed E-state index contributed by atoms with van der Waals surface area (Å²) in [4.78, 5) is 13.2. The van der Waals surface area contributed by atoms with Gasteiger partial charge in [-0.2, -0.15) is 4.31 Å². The summed E-state index contributed by atoms with van der Waals surface area (Å²) in [6.07, 6.45) is 3.85. The second-order valence-electron chi connectivity index (χ2n) is 7.99. The molecule has 1 saturated heterocycles. The molecule has 0 aromatic heterocycles. The number of nitrogens with zero attached hydrogens (tertiary/aromatic N) is 1. The van der Waals surface area contributed by atoms with Crippen molar-refractivity contribution in [2.24, 2.45) is 0 Å². The van der Waals surface area contributed by atoms with E-state index in [9.17, 15) is 13.2 Å². The van der Waals surface area contributed by atoms with Gasteiger partial charge in [0.1, 0.15) is 5.75 Å². The molecule has 1 atom stereocenters. The molecule has 168 valence electrons. The first-order valence-corrected chi connectivity index (χ1v) is 12.4. The summed E-state index contributed by atoms with van der Waals surface area (Å²) >= 11 is 0. The van der Waals surface area contributed by atoms with Crippen LogP contribution in [0, 0.1) is 6.92 Å². The van der Waals surface area contributed by atoms with Crippen LogP contribution in [0.15, 0.2) is 47.4 Å². The number of nitrogens with one attached hydrogen (secondary N) is 1. The third-order valence-electron chi connectivity index (χ3n) is 5.70. The lowest BCUT2D eigenvalue weighted by molar-refractivity contribution is 0.0939. The van der Waals surface area contributed by atoms with E-state index < -0.39 is 10.0 Å². The molecule has 1 aliphatic rings. The minimum atomic E-state index is -3.61. The Bertz CT molecular complexity index is 995. The topological polar surface area (TPSA) is 75.7 Å². The molecule has 31 heavy (non-hydrogen) atoms. The second kappa shape index (κ2) is 10.3. The molecule has 0 bridgehead atoms. The predicted octanol–water partition coefficient (Wildman–Crippen LogP) is 4.45. The van der Waals surface area contributed by atoms with Gasteiger partial charge in [0, 0.05) is 18.7 Å². The van der Waals surface area contributed by atoms with Crippen molar-refractivity contribution in [1.29, 1.82) is 0 Å². The Balaban J connectivity index is 1.78. The molecule has 6 nitrogen and oxygen atoms in total. The average molecular weight is 445 g/mol. The van der Waals surface area contributed by atoms with Crippen LogP contribution in [0.5, 0.6) is 5.75 Å². The van der Waals surface area contributed by atoms with Gasteiger partial charge in [-0.1, -0.05) is 31.0 Å².